The first-order valence-electron chi connectivity index (χ1n) is 7.37. The lowest BCUT2D eigenvalue weighted by Crippen LogP contribution is -2.42. The lowest BCUT2D eigenvalue weighted by atomic mass is 9.84. The standard InChI is InChI=1S/C16H24FNO/c1-2-15(12-7-5-8-14(17)10-12)18-16-9-4-3-6-13(16)11-19/h5,7-8,10,13,15-16,18-19H,2-4,6,9,11H2,1H3. The zero-order valence-corrected chi connectivity index (χ0v) is 11.6. The number of benzene rings is 1. The Kier molecular flexibility index (Phi) is 5.34. The SMILES string of the molecule is CCC(NC1CCCCC1CO)c1cccc(F)c1. The highest BCUT2D eigenvalue weighted by molar-refractivity contribution is 5.20. The summed E-state index contributed by atoms with van der Waals surface area (Å²) in [5, 5.41) is 13.1. The molecule has 0 heterocycles. The van der Waals surface area contributed by atoms with Crippen LogP contribution in [0.4, 0.5) is 4.39 Å². The normalized spacial score (nSPS) is 25.2. The number of halogens is 1. The monoisotopic (exact) mass is 265 g/mol. The topological polar surface area (TPSA) is 32.3 Å². The number of nitrogens with one attached hydrogen (secondary N) is 1. The Morgan fingerprint density at radius 1 is 1.37 bits per heavy atom. The van der Waals surface area contributed by atoms with Gasteiger partial charge in [-0.2, -0.15) is 0 Å². The minimum Gasteiger partial charge on any atom is -0.396 e. The van der Waals surface area contributed by atoms with E-state index in [9.17, 15) is 9.50 Å². The molecule has 3 unspecified atom stereocenters. The van der Waals surface area contributed by atoms with Crippen molar-refractivity contribution in [3.05, 3.63) is 35.6 Å². The van der Waals surface area contributed by atoms with E-state index in [2.05, 4.69) is 12.2 Å². The minimum atomic E-state index is -0.180. The van der Waals surface area contributed by atoms with Gasteiger partial charge < -0.3 is 10.4 Å². The second-order valence-electron chi connectivity index (χ2n) is 5.52. The van der Waals surface area contributed by atoms with E-state index in [-0.39, 0.29) is 18.5 Å². The molecule has 0 radical (unpaired) electrons. The second kappa shape index (κ2) is 7.01. The molecule has 1 aromatic rings. The summed E-state index contributed by atoms with van der Waals surface area (Å²) in [5.74, 6) is 0.163. The molecule has 0 aromatic heterocycles. The maximum atomic E-state index is 13.3. The highest BCUT2D eigenvalue weighted by Crippen LogP contribution is 2.27. The summed E-state index contributed by atoms with van der Waals surface area (Å²) in [5.41, 5.74) is 1.00. The van der Waals surface area contributed by atoms with Gasteiger partial charge in [-0.25, -0.2) is 4.39 Å². The van der Waals surface area contributed by atoms with E-state index in [0.717, 1.165) is 24.8 Å². The van der Waals surface area contributed by atoms with Gasteiger partial charge in [-0.1, -0.05) is 31.9 Å². The Hall–Kier alpha value is -0.930. The Morgan fingerprint density at radius 2 is 2.16 bits per heavy atom. The van der Waals surface area contributed by atoms with Crippen LogP contribution in [0.15, 0.2) is 24.3 Å². The van der Waals surface area contributed by atoms with Crippen molar-refractivity contribution in [3.63, 3.8) is 0 Å². The van der Waals surface area contributed by atoms with Gasteiger partial charge in [0.2, 0.25) is 0 Å². The van der Waals surface area contributed by atoms with E-state index in [1.165, 1.54) is 18.9 Å². The van der Waals surface area contributed by atoms with Crippen LogP contribution in [-0.2, 0) is 0 Å². The van der Waals surface area contributed by atoms with Crippen LogP contribution in [0.1, 0.15) is 50.6 Å². The molecular formula is C16H24FNO. The molecule has 0 bridgehead atoms. The third-order valence-electron chi connectivity index (χ3n) is 4.22. The van der Waals surface area contributed by atoms with E-state index in [4.69, 9.17) is 0 Å². The fraction of sp³-hybridized carbons (Fsp3) is 0.625. The average molecular weight is 265 g/mol. The molecule has 1 aliphatic rings. The summed E-state index contributed by atoms with van der Waals surface area (Å²) in [4.78, 5) is 0. The molecule has 1 saturated carbocycles. The molecule has 2 N–H and O–H groups in total. The fourth-order valence-corrected chi connectivity index (χ4v) is 3.08. The van der Waals surface area contributed by atoms with Gasteiger partial charge in [0.05, 0.1) is 0 Å². The van der Waals surface area contributed by atoms with Gasteiger partial charge in [-0.15, -0.1) is 0 Å². The molecule has 19 heavy (non-hydrogen) atoms. The highest BCUT2D eigenvalue weighted by Gasteiger charge is 2.26. The minimum absolute atomic E-state index is 0.174. The van der Waals surface area contributed by atoms with Crippen LogP contribution in [0.25, 0.3) is 0 Å². The molecule has 106 valence electrons. The van der Waals surface area contributed by atoms with Crippen LogP contribution in [-0.4, -0.2) is 17.8 Å². The summed E-state index contributed by atoms with van der Waals surface area (Å²) in [7, 11) is 0. The first-order valence-corrected chi connectivity index (χ1v) is 7.37. The zero-order chi connectivity index (χ0) is 13.7. The summed E-state index contributed by atoms with van der Waals surface area (Å²) in [6.07, 6.45) is 5.55. The Bertz CT molecular complexity index is 396. The van der Waals surface area contributed by atoms with Crippen molar-refractivity contribution in [1.82, 2.24) is 5.32 Å². The Labute approximate surface area is 115 Å². The van der Waals surface area contributed by atoms with Gasteiger partial charge in [0.1, 0.15) is 5.82 Å². The molecule has 0 saturated heterocycles. The zero-order valence-electron chi connectivity index (χ0n) is 11.6. The van der Waals surface area contributed by atoms with Gasteiger partial charge in [0.15, 0.2) is 0 Å². The molecule has 3 atom stereocenters. The van der Waals surface area contributed by atoms with E-state index < -0.39 is 0 Å². The molecule has 1 fully saturated rings. The molecule has 1 aliphatic carbocycles. The third kappa shape index (κ3) is 3.77. The molecule has 1 aromatic carbocycles. The van der Waals surface area contributed by atoms with Gasteiger partial charge in [-0.3, -0.25) is 0 Å². The van der Waals surface area contributed by atoms with Crippen molar-refractivity contribution < 1.29 is 9.50 Å². The summed E-state index contributed by atoms with van der Waals surface area (Å²) in [6, 6.07) is 7.35. The molecule has 2 rings (SSSR count). The number of hydrogen-bond donors (Lipinski definition) is 2. The molecule has 2 nitrogen and oxygen atoms in total. The smallest absolute Gasteiger partial charge is 0.123 e. The lowest BCUT2D eigenvalue weighted by Gasteiger charge is -2.34. The van der Waals surface area contributed by atoms with Gasteiger partial charge in [-0.05, 0) is 42.9 Å². The van der Waals surface area contributed by atoms with Gasteiger partial charge >= 0.3 is 0 Å². The predicted molar refractivity (Wildman–Crippen MR) is 75.4 cm³/mol. The van der Waals surface area contributed by atoms with Crippen molar-refractivity contribution >= 4 is 0 Å². The van der Waals surface area contributed by atoms with Crippen LogP contribution in [0, 0.1) is 11.7 Å². The maximum absolute atomic E-state index is 13.3. The number of hydrogen-bond acceptors (Lipinski definition) is 2. The molecule has 0 aliphatic heterocycles. The highest BCUT2D eigenvalue weighted by atomic mass is 19.1. The Morgan fingerprint density at radius 3 is 2.84 bits per heavy atom. The molecule has 0 spiro atoms. The first kappa shape index (κ1) is 14.5. The predicted octanol–water partition coefficient (Wildman–Crippen LogP) is 3.42. The van der Waals surface area contributed by atoms with Crippen LogP contribution in [0.5, 0.6) is 0 Å². The molecule has 3 heteroatoms. The van der Waals surface area contributed by atoms with Crippen molar-refractivity contribution in [2.75, 3.05) is 6.61 Å². The largest absolute Gasteiger partial charge is 0.396 e. The first-order chi connectivity index (χ1) is 9.24. The van der Waals surface area contributed by atoms with Crippen molar-refractivity contribution in [1.29, 1.82) is 0 Å². The summed E-state index contributed by atoms with van der Waals surface area (Å²) in [6.45, 7) is 2.36. The van der Waals surface area contributed by atoms with Crippen LogP contribution >= 0.6 is 0 Å². The van der Waals surface area contributed by atoms with E-state index in [1.807, 2.05) is 6.07 Å². The van der Waals surface area contributed by atoms with E-state index in [1.54, 1.807) is 12.1 Å². The number of rotatable bonds is 5. The second-order valence-corrected chi connectivity index (χ2v) is 5.52. The van der Waals surface area contributed by atoms with Crippen molar-refractivity contribution in [2.45, 2.75) is 51.1 Å². The molecule has 0 amide bonds. The number of aliphatic hydroxyl groups is 1. The lowest BCUT2D eigenvalue weighted by molar-refractivity contribution is 0.145. The van der Waals surface area contributed by atoms with Crippen LogP contribution < -0.4 is 5.32 Å². The van der Waals surface area contributed by atoms with E-state index >= 15 is 0 Å². The average Bonchev–Trinajstić information content (AvgIpc) is 2.45. The van der Waals surface area contributed by atoms with Crippen molar-refractivity contribution in [3.8, 4) is 0 Å². The van der Waals surface area contributed by atoms with Crippen LogP contribution in [0.2, 0.25) is 0 Å². The fourth-order valence-electron chi connectivity index (χ4n) is 3.08. The van der Waals surface area contributed by atoms with Crippen LogP contribution in [0.3, 0.4) is 0 Å². The Balaban J connectivity index is 2.05. The molecular weight excluding hydrogens is 241 g/mol. The van der Waals surface area contributed by atoms with Crippen molar-refractivity contribution in [2.24, 2.45) is 5.92 Å². The van der Waals surface area contributed by atoms with E-state index in [0.29, 0.717) is 12.0 Å². The van der Waals surface area contributed by atoms with Gasteiger partial charge in [0, 0.05) is 18.7 Å². The quantitative estimate of drug-likeness (QED) is 0.855. The maximum Gasteiger partial charge on any atom is 0.123 e. The van der Waals surface area contributed by atoms with Gasteiger partial charge in [0.25, 0.3) is 0 Å². The number of aliphatic hydroxyl groups excluding tert-OH is 1. The third-order valence-corrected chi connectivity index (χ3v) is 4.22. The summed E-state index contributed by atoms with van der Waals surface area (Å²) < 4.78 is 13.3. The summed E-state index contributed by atoms with van der Waals surface area (Å²) >= 11 is 0.